The molecule has 2 aliphatic heterocycles. The Kier molecular flexibility index (Phi) is 10.0. The number of nitrogens with one attached hydrogen (secondary N) is 2. The zero-order chi connectivity index (χ0) is 28.6. The van der Waals surface area contributed by atoms with Gasteiger partial charge in [0.1, 0.15) is 11.6 Å². The van der Waals surface area contributed by atoms with Crippen LogP contribution in [0.15, 0.2) is 77.5 Å². The quantitative estimate of drug-likeness (QED) is 0.260. The molecule has 0 bridgehead atoms. The number of nitrogens with zero attached hydrogens (tertiary/aromatic N) is 4. The normalized spacial score (nSPS) is 12.4. The molecule has 208 valence electrons. The topological polar surface area (TPSA) is 96.8 Å². The van der Waals surface area contributed by atoms with Gasteiger partial charge in [0.05, 0.1) is 0 Å². The lowest BCUT2D eigenvalue weighted by Crippen LogP contribution is -2.29. The number of anilines is 4. The van der Waals surface area contributed by atoms with Crippen molar-refractivity contribution < 1.29 is 10.0 Å². The van der Waals surface area contributed by atoms with Crippen molar-refractivity contribution in [3.8, 4) is 11.1 Å². The van der Waals surface area contributed by atoms with Gasteiger partial charge in [0.2, 0.25) is 0 Å². The predicted octanol–water partition coefficient (Wildman–Crippen LogP) is 4.03. The van der Waals surface area contributed by atoms with Crippen LogP contribution in [-0.2, 0) is 12.8 Å². The molecule has 0 fully saturated rings. The molecular weight excluding hydrogens is 567 g/mol. The van der Waals surface area contributed by atoms with E-state index in [-0.39, 0.29) is 0 Å². The minimum Gasteiger partial charge on any atom is -0.423 e. The molecule has 8 nitrogen and oxygen atoms in total. The SMILES string of the molecule is Brc1cnc2c(c1)CCN2.CN(C)c1ccc(-c2cnc3c(c2)CCN3)cc1.CN(C)c1ccc(B(O)O)cc1. The van der Waals surface area contributed by atoms with E-state index < -0.39 is 7.12 Å². The van der Waals surface area contributed by atoms with Crippen molar-refractivity contribution in [2.24, 2.45) is 0 Å². The summed E-state index contributed by atoms with van der Waals surface area (Å²) in [5, 5.41) is 24.1. The van der Waals surface area contributed by atoms with E-state index >= 15 is 0 Å². The van der Waals surface area contributed by atoms with Gasteiger partial charge >= 0.3 is 7.12 Å². The van der Waals surface area contributed by atoms with Crippen LogP contribution in [0.2, 0.25) is 0 Å². The van der Waals surface area contributed by atoms with Gasteiger partial charge in [0.15, 0.2) is 0 Å². The standard InChI is InChI=1S/C15H17N3.C8H12BNO2.C7H7BrN2/c1-18(2)14-5-3-11(4-6-14)13-9-12-7-8-16-15(12)17-10-13;1-10(2)8-5-3-7(4-6-8)9(11)12;8-6-3-5-1-2-9-7(5)10-4-6/h3-6,9-10H,7-8H2,1-2H3,(H,16,17);3-6,11-12H,1-2H3;3-4H,1-2H2,(H,9,10). The monoisotopic (exact) mass is 602 g/mol. The van der Waals surface area contributed by atoms with Crippen LogP contribution in [0.5, 0.6) is 0 Å². The van der Waals surface area contributed by atoms with Crippen molar-refractivity contribution in [3.63, 3.8) is 0 Å². The Hall–Kier alpha value is -3.60. The molecule has 0 radical (unpaired) electrons. The Balaban J connectivity index is 0.000000147. The Bertz CT molecular complexity index is 1370. The van der Waals surface area contributed by atoms with E-state index in [1.54, 1.807) is 12.1 Å². The first-order valence-corrected chi connectivity index (χ1v) is 14.0. The highest BCUT2D eigenvalue weighted by Crippen LogP contribution is 2.27. The molecule has 2 aromatic carbocycles. The molecule has 0 saturated carbocycles. The second-order valence-corrected chi connectivity index (χ2v) is 11.0. The summed E-state index contributed by atoms with van der Waals surface area (Å²) in [4.78, 5) is 12.7. The molecule has 4 N–H and O–H groups in total. The Labute approximate surface area is 245 Å². The van der Waals surface area contributed by atoms with Gasteiger partial charge in [-0.15, -0.1) is 0 Å². The second-order valence-electron chi connectivity index (χ2n) is 10.0. The molecule has 0 saturated heterocycles. The van der Waals surface area contributed by atoms with Crippen LogP contribution in [0, 0.1) is 0 Å². The molecular formula is C30H36BBrN6O2. The number of pyridine rings is 2. The molecule has 2 aromatic heterocycles. The third-order valence-corrected chi connectivity index (χ3v) is 7.13. The summed E-state index contributed by atoms with van der Waals surface area (Å²) in [5.41, 5.74) is 7.83. The first kappa shape index (κ1) is 29.4. The molecule has 2 aliphatic rings. The molecule has 4 heterocycles. The average molecular weight is 603 g/mol. The number of rotatable bonds is 4. The molecule has 6 rings (SSSR count). The summed E-state index contributed by atoms with van der Waals surface area (Å²) in [6.45, 7) is 2.03. The molecule has 0 atom stereocenters. The maximum absolute atomic E-state index is 8.80. The van der Waals surface area contributed by atoms with Gasteiger partial charge in [-0.1, -0.05) is 24.3 Å². The summed E-state index contributed by atoms with van der Waals surface area (Å²) in [5.74, 6) is 2.09. The van der Waals surface area contributed by atoms with Crippen molar-refractivity contribution >= 4 is 51.5 Å². The van der Waals surface area contributed by atoms with Gasteiger partial charge in [-0.25, -0.2) is 9.97 Å². The predicted molar refractivity (Wildman–Crippen MR) is 171 cm³/mol. The van der Waals surface area contributed by atoms with E-state index in [1.165, 1.54) is 27.9 Å². The van der Waals surface area contributed by atoms with Gasteiger partial charge in [-0.3, -0.25) is 0 Å². The van der Waals surface area contributed by atoms with Gasteiger partial charge < -0.3 is 30.5 Å². The van der Waals surface area contributed by atoms with E-state index in [1.807, 2.05) is 43.5 Å². The number of aromatic nitrogens is 2. The highest BCUT2D eigenvalue weighted by molar-refractivity contribution is 9.10. The lowest BCUT2D eigenvalue weighted by molar-refractivity contribution is 0.426. The van der Waals surface area contributed by atoms with E-state index in [0.29, 0.717) is 5.46 Å². The van der Waals surface area contributed by atoms with Gasteiger partial charge in [-0.2, -0.15) is 0 Å². The molecule has 4 aromatic rings. The maximum Gasteiger partial charge on any atom is 0.488 e. The summed E-state index contributed by atoms with van der Waals surface area (Å²) >= 11 is 3.37. The molecule has 40 heavy (non-hydrogen) atoms. The van der Waals surface area contributed by atoms with E-state index in [9.17, 15) is 0 Å². The summed E-state index contributed by atoms with van der Waals surface area (Å²) in [6, 6.07) is 20.0. The van der Waals surface area contributed by atoms with Crippen LogP contribution in [0.1, 0.15) is 11.1 Å². The highest BCUT2D eigenvalue weighted by atomic mass is 79.9. The van der Waals surface area contributed by atoms with Crippen LogP contribution in [-0.4, -0.2) is 68.4 Å². The Morgan fingerprint density at radius 1 is 0.700 bits per heavy atom. The first-order valence-electron chi connectivity index (χ1n) is 13.2. The lowest BCUT2D eigenvalue weighted by Gasteiger charge is -2.12. The van der Waals surface area contributed by atoms with Crippen molar-refractivity contribution in [1.29, 1.82) is 0 Å². The minimum atomic E-state index is -1.37. The zero-order valence-corrected chi connectivity index (χ0v) is 25.0. The van der Waals surface area contributed by atoms with Gasteiger partial charge in [0, 0.05) is 75.1 Å². The second kappa shape index (κ2) is 13.7. The van der Waals surface area contributed by atoms with Crippen LogP contribution in [0.3, 0.4) is 0 Å². The zero-order valence-electron chi connectivity index (χ0n) is 23.4. The Morgan fingerprint density at radius 3 is 1.73 bits per heavy atom. The average Bonchev–Trinajstić information content (AvgIpc) is 3.62. The summed E-state index contributed by atoms with van der Waals surface area (Å²) in [7, 11) is 6.60. The van der Waals surface area contributed by atoms with Crippen molar-refractivity contribution in [2.75, 3.05) is 61.7 Å². The fourth-order valence-electron chi connectivity index (χ4n) is 4.38. The maximum atomic E-state index is 8.80. The number of benzene rings is 2. The van der Waals surface area contributed by atoms with E-state index in [0.717, 1.165) is 47.7 Å². The fraction of sp³-hybridized carbons (Fsp3) is 0.267. The third-order valence-electron chi connectivity index (χ3n) is 6.70. The van der Waals surface area contributed by atoms with Crippen LogP contribution in [0.4, 0.5) is 23.0 Å². The van der Waals surface area contributed by atoms with E-state index in [2.05, 4.69) is 91.9 Å². The minimum absolute atomic E-state index is 0.514. The Morgan fingerprint density at radius 2 is 1.20 bits per heavy atom. The van der Waals surface area contributed by atoms with Crippen molar-refractivity contribution in [2.45, 2.75) is 12.8 Å². The highest BCUT2D eigenvalue weighted by Gasteiger charge is 2.13. The molecule has 0 aliphatic carbocycles. The van der Waals surface area contributed by atoms with Crippen LogP contribution >= 0.6 is 15.9 Å². The van der Waals surface area contributed by atoms with E-state index in [4.69, 9.17) is 10.0 Å². The van der Waals surface area contributed by atoms with Crippen molar-refractivity contribution in [3.05, 3.63) is 88.7 Å². The number of hydrogen-bond acceptors (Lipinski definition) is 8. The molecule has 10 heteroatoms. The lowest BCUT2D eigenvalue weighted by atomic mass is 9.80. The molecule has 0 amide bonds. The number of fused-ring (bicyclic) bond motifs is 2. The van der Waals surface area contributed by atoms with Gasteiger partial charge in [0.25, 0.3) is 0 Å². The first-order chi connectivity index (χ1) is 19.2. The molecule has 0 spiro atoms. The number of hydrogen-bond donors (Lipinski definition) is 4. The van der Waals surface area contributed by atoms with Gasteiger partial charge in [-0.05, 0) is 87.3 Å². The molecule has 0 unspecified atom stereocenters. The number of halogens is 1. The largest absolute Gasteiger partial charge is 0.488 e. The summed E-state index contributed by atoms with van der Waals surface area (Å²) < 4.78 is 1.06. The van der Waals surface area contributed by atoms with Crippen molar-refractivity contribution in [1.82, 2.24) is 9.97 Å². The third kappa shape index (κ3) is 7.75. The van der Waals surface area contributed by atoms with Crippen LogP contribution in [0.25, 0.3) is 11.1 Å². The smallest absolute Gasteiger partial charge is 0.423 e. The van der Waals surface area contributed by atoms with Crippen LogP contribution < -0.4 is 25.9 Å². The fourth-order valence-corrected chi connectivity index (χ4v) is 4.76. The summed E-state index contributed by atoms with van der Waals surface area (Å²) in [6.07, 6.45) is 5.94.